The third-order valence-electron chi connectivity index (χ3n) is 4.54. The number of carbonyl (C=O) groups is 1. The molecule has 1 saturated carbocycles. The highest BCUT2D eigenvalue weighted by Crippen LogP contribution is 2.47. The van der Waals surface area contributed by atoms with Crippen molar-refractivity contribution in [2.45, 2.75) is 45.4 Å². The zero-order valence-corrected chi connectivity index (χ0v) is 10.5. The first-order valence-corrected chi connectivity index (χ1v) is 6.88. The van der Waals surface area contributed by atoms with Gasteiger partial charge in [0, 0.05) is 5.57 Å². The van der Waals surface area contributed by atoms with E-state index in [-0.39, 0.29) is 5.78 Å². The first-order chi connectivity index (χ1) is 8.27. The summed E-state index contributed by atoms with van der Waals surface area (Å²) in [5.74, 6) is 1.61. The van der Waals surface area contributed by atoms with Gasteiger partial charge < -0.3 is 0 Å². The topological polar surface area (TPSA) is 17.1 Å². The predicted molar refractivity (Wildman–Crippen MR) is 69.6 cm³/mol. The van der Waals surface area contributed by atoms with Gasteiger partial charge in [0.2, 0.25) is 0 Å². The molecule has 17 heavy (non-hydrogen) atoms. The molecule has 1 fully saturated rings. The Kier molecular flexibility index (Phi) is 2.78. The number of ketones is 1. The lowest BCUT2D eigenvalue weighted by atomic mass is 9.66. The maximum atomic E-state index is 12.0. The van der Waals surface area contributed by atoms with Gasteiger partial charge in [-0.2, -0.15) is 0 Å². The molecule has 0 bridgehead atoms. The summed E-state index contributed by atoms with van der Waals surface area (Å²) in [5, 5.41) is 0. The zero-order valence-electron chi connectivity index (χ0n) is 10.5. The number of rotatable bonds is 1. The minimum absolute atomic E-state index is 0.290. The minimum atomic E-state index is 0.290. The van der Waals surface area contributed by atoms with E-state index >= 15 is 0 Å². The van der Waals surface area contributed by atoms with Crippen LogP contribution in [0.5, 0.6) is 0 Å². The molecule has 0 aromatic heterocycles. The van der Waals surface area contributed by atoms with E-state index in [1.807, 2.05) is 0 Å². The maximum absolute atomic E-state index is 12.0. The molecule has 1 heteroatoms. The summed E-state index contributed by atoms with van der Waals surface area (Å²) in [5.41, 5.74) is 3.94. The third kappa shape index (κ3) is 1.82. The Labute approximate surface area is 103 Å². The fraction of sp³-hybridized carbons (Fsp3) is 0.562. The highest BCUT2D eigenvalue weighted by molar-refractivity contribution is 5.99. The molecule has 3 aliphatic rings. The van der Waals surface area contributed by atoms with Crippen LogP contribution in [-0.4, -0.2) is 5.78 Å². The second kappa shape index (κ2) is 4.29. The molecular weight excluding hydrogens is 208 g/mol. The van der Waals surface area contributed by atoms with E-state index in [9.17, 15) is 4.79 Å². The molecule has 0 spiro atoms. The van der Waals surface area contributed by atoms with E-state index in [1.165, 1.54) is 36.8 Å². The number of Topliss-reactive ketones (excluding diaryl/α,β-unsaturated/α-hetero) is 1. The molecule has 0 aromatic rings. The molecule has 1 nitrogen and oxygen atoms in total. The fourth-order valence-electron chi connectivity index (χ4n) is 3.82. The van der Waals surface area contributed by atoms with Gasteiger partial charge in [-0.15, -0.1) is 0 Å². The summed E-state index contributed by atoms with van der Waals surface area (Å²) >= 11 is 0. The van der Waals surface area contributed by atoms with Gasteiger partial charge in [0.05, 0.1) is 0 Å². The second-order valence-corrected chi connectivity index (χ2v) is 5.62. The van der Waals surface area contributed by atoms with Crippen LogP contribution < -0.4 is 0 Å². The Balaban J connectivity index is 2.10. The fourth-order valence-corrected chi connectivity index (χ4v) is 3.82. The molecule has 0 saturated heterocycles. The molecule has 0 amide bonds. The molecule has 2 atom stereocenters. The summed E-state index contributed by atoms with van der Waals surface area (Å²) in [4.78, 5) is 12.0. The van der Waals surface area contributed by atoms with Crippen molar-refractivity contribution < 1.29 is 4.79 Å². The lowest BCUT2D eigenvalue weighted by Gasteiger charge is -2.38. The molecule has 2 unspecified atom stereocenters. The van der Waals surface area contributed by atoms with E-state index in [4.69, 9.17) is 0 Å². The monoisotopic (exact) mass is 228 g/mol. The highest BCUT2D eigenvalue weighted by Gasteiger charge is 2.35. The summed E-state index contributed by atoms with van der Waals surface area (Å²) in [7, 11) is 0. The van der Waals surface area contributed by atoms with Gasteiger partial charge in [0.1, 0.15) is 0 Å². The minimum Gasteiger partial charge on any atom is -0.295 e. The van der Waals surface area contributed by atoms with Crippen molar-refractivity contribution in [1.82, 2.24) is 0 Å². The van der Waals surface area contributed by atoms with Crippen LogP contribution in [0.3, 0.4) is 0 Å². The standard InChI is InChI=1S/C16H20O/c1-11(17)16-14-8-4-2-6-12(14)10-13-7-3-5-9-15(13)16/h2,4,8,12-13H,3,5-7,9-10H2,1H3. The molecule has 0 radical (unpaired) electrons. The first kappa shape index (κ1) is 11.0. The Hall–Kier alpha value is -1.11. The molecule has 0 aromatic carbocycles. The number of allylic oxidation sites excluding steroid dienone is 6. The van der Waals surface area contributed by atoms with Crippen LogP contribution in [0.1, 0.15) is 45.4 Å². The van der Waals surface area contributed by atoms with Gasteiger partial charge >= 0.3 is 0 Å². The van der Waals surface area contributed by atoms with Gasteiger partial charge in [-0.25, -0.2) is 0 Å². The van der Waals surface area contributed by atoms with E-state index in [0.29, 0.717) is 11.8 Å². The van der Waals surface area contributed by atoms with Crippen molar-refractivity contribution in [3.05, 3.63) is 34.9 Å². The average Bonchev–Trinajstić information content (AvgIpc) is 2.35. The van der Waals surface area contributed by atoms with Crippen molar-refractivity contribution in [1.29, 1.82) is 0 Å². The van der Waals surface area contributed by atoms with Crippen LogP contribution in [0.2, 0.25) is 0 Å². The Morgan fingerprint density at radius 1 is 1.29 bits per heavy atom. The van der Waals surface area contributed by atoms with Crippen LogP contribution in [0.25, 0.3) is 0 Å². The van der Waals surface area contributed by atoms with E-state index < -0.39 is 0 Å². The molecular formula is C16H20O. The van der Waals surface area contributed by atoms with Crippen molar-refractivity contribution in [2.75, 3.05) is 0 Å². The predicted octanol–water partition coefficient (Wildman–Crippen LogP) is 3.97. The normalized spacial score (nSPS) is 31.7. The maximum Gasteiger partial charge on any atom is 0.160 e. The Morgan fingerprint density at radius 2 is 2.18 bits per heavy atom. The average molecular weight is 228 g/mol. The summed E-state index contributed by atoms with van der Waals surface area (Å²) in [6, 6.07) is 0. The van der Waals surface area contributed by atoms with Crippen LogP contribution in [-0.2, 0) is 4.79 Å². The molecule has 3 rings (SSSR count). The van der Waals surface area contributed by atoms with Gasteiger partial charge in [-0.05, 0) is 56.4 Å². The summed E-state index contributed by atoms with van der Waals surface area (Å²) in [6.45, 7) is 1.75. The van der Waals surface area contributed by atoms with E-state index in [0.717, 1.165) is 18.4 Å². The van der Waals surface area contributed by atoms with Crippen molar-refractivity contribution in [3.8, 4) is 0 Å². The van der Waals surface area contributed by atoms with Gasteiger partial charge in [-0.3, -0.25) is 4.79 Å². The summed E-state index contributed by atoms with van der Waals surface area (Å²) < 4.78 is 0. The lowest BCUT2D eigenvalue weighted by Crippen LogP contribution is -2.27. The third-order valence-corrected chi connectivity index (χ3v) is 4.54. The van der Waals surface area contributed by atoms with Gasteiger partial charge in [0.15, 0.2) is 5.78 Å². The lowest BCUT2D eigenvalue weighted by molar-refractivity contribution is -0.113. The molecule has 90 valence electrons. The molecule has 0 aliphatic heterocycles. The van der Waals surface area contributed by atoms with Gasteiger partial charge in [-0.1, -0.05) is 30.2 Å². The molecule has 0 heterocycles. The van der Waals surface area contributed by atoms with Crippen LogP contribution >= 0.6 is 0 Å². The number of hydrogen-bond donors (Lipinski definition) is 0. The van der Waals surface area contributed by atoms with E-state index in [2.05, 4.69) is 18.2 Å². The summed E-state index contributed by atoms with van der Waals surface area (Å²) in [6.07, 6.45) is 14.1. The molecule has 0 N–H and O–H groups in total. The Morgan fingerprint density at radius 3 is 3.00 bits per heavy atom. The number of carbonyl (C=O) groups excluding carboxylic acids is 1. The second-order valence-electron chi connectivity index (χ2n) is 5.62. The smallest absolute Gasteiger partial charge is 0.160 e. The van der Waals surface area contributed by atoms with Crippen LogP contribution in [0.15, 0.2) is 34.9 Å². The van der Waals surface area contributed by atoms with Crippen molar-refractivity contribution in [3.63, 3.8) is 0 Å². The van der Waals surface area contributed by atoms with Crippen molar-refractivity contribution in [2.24, 2.45) is 11.8 Å². The van der Waals surface area contributed by atoms with Crippen LogP contribution in [0.4, 0.5) is 0 Å². The SMILES string of the molecule is CC(=O)C1=C2CCCCC2CC2CC=CC=C12. The zero-order chi connectivity index (χ0) is 11.8. The first-order valence-electron chi connectivity index (χ1n) is 6.88. The number of fused-ring (bicyclic) bond motifs is 2. The molecule has 3 aliphatic carbocycles. The largest absolute Gasteiger partial charge is 0.295 e. The van der Waals surface area contributed by atoms with Gasteiger partial charge in [0.25, 0.3) is 0 Å². The van der Waals surface area contributed by atoms with Crippen LogP contribution in [0, 0.1) is 11.8 Å². The van der Waals surface area contributed by atoms with Crippen molar-refractivity contribution >= 4 is 5.78 Å². The van der Waals surface area contributed by atoms with E-state index in [1.54, 1.807) is 6.92 Å². The Bertz CT molecular complexity index is 436. The highest BCUT2D eigenvalue weighted by atomic mass is 16.1. The number of hydrogen-bond acceptors (Lipinski definition) is 1. The quantitative estimate of drug-likeness (QED) is 0.663.